The molecule has 4 rings (SSSR count). The molecule has 0 radical (unpaired) electrons. The van der Waals surface area contributed by atoms with Gasteiger partial charge in [-0.15, -0.1) is 0 Å². The Morgan fingerprint density at radius 3 is 3.04 bits per heavy atom. The van der Waals surface area contributed by atoms with Crippen molar-refractivity contribution < 1.29 is 4.74 Å². The number of benzene rings is 1. The van der Waals surface area contributed by atoms with Crippen LogP contribution in [-0.4, -0.2) is 27.7 Å². The zero-order valence-corrected chi connectivity index (χ0v) is 13.4. The number of aryl methyl sites for hydroxylation is 1. The highest BCUT2D eigenvalue weighted by Crippen LogP contribution is 2.27. The van der Waals surface area contributed by atoms with Crippen LogP contribution in [-0.2, 0) is 11.3 Å². The van der Waals surface area contributed by atoms with Gasteiger partial charge in [-0.25, -0.2) is 9.97 Å². The molecule has 0 spiro atoms. The summed E-state index contributed by atoms with van der Waals surface area (Å²) in [5, 5.41) is 0. The maximum atomic E-state index is 5.65. The number of rotatable bonds is 3. The molecular weight excluding hydrogens is 286 g/mol. The first-order valence-corrected chi connectivity index (χ1v) is 8.27. The molecule has 1 aromatic carbocycles. The van der Waals surface area contributed by atoms with Crippen LogP contribution < -0.4 is 0 Å². The summed E-state index contributed by atoms with van der Waals surface area (Å²) in [6, 6.07) is 12.5. The fourth-order valence-corrected chi connectivity index (χ4v) is 3.35. The maximum Gasteiger partial charge on any atom is 0.160 e. The van der Waals surface area contributed by atoms with Gasteiger partial charge in [-0.05, 0) is 38.0 Å². The van der Waals surface area contributed by atoms with Crippen LogP contribution >= 0.6 is 0 Å². The maximum absolute atomic E-state index is 5.65. The van der Waals surface area contributed by atoms with E-state index in [1.165, 1.54) is 12.0 Å². The van der Waals surface area contributed by atoms with Crippen LogP contribution in [0, 0.1) is 12.8 Å². The van der Waals surface area contributed by atoms with E-state index in [0.29, 0.717) is 5.92 Å². The minimum Gasteiger partial charge on any atom is -0.381 e. The number of hydrogen-bond acceptors (Lipinski definition) is 3. The van der Waals surface area contributed by atoms with E-state index in [0.717, 1.165) is 48.7 Å². The van der Waals surface area contributed by atoms with Gasteiger partial charge in [-0.1, -0.05) is 23.8 Å². The van der Waals surface area contributed by atoms with Gasteiger partial charge in [0.15, 0.2) is 5.65 Å². The molecular formula is C19H21N3O. The van der Waals surface area contributed by atoms with E-state index in [1.807, 2.05) is 18.3 Å². The highest BCUT2D eigenvalue weighted by molar-refractivity contribution is 5.77. The summed E-state index contributed by atoms with van der Waals surface area (Å²) in [6.07, 6.45) is 4.20. The molecule has 1 unspecified atom stereocenters. The van der Waals surface area contributed by atoms with E-state index >= 15 is 0 Å². The number of nitrogens with zero attached hydrogens (tertiary/aromatic N) is 3. The van der Waals surface area contributed by atoms with Crippen molar-refractivity contribution in [3.63, 3.8) is 0 Å². The molecule has 0 bridgehead atoms. The lowest BCUT2D eigenvalue weighted by Crippen LogP contribution is -2.22. The number of imidazole rings is 1. The van der Waals surface area contributed by atoms with Gasteiger partial charge in [-0.3, -0.25) is 0 Å². The highest BCUT2D eigenvalue weighted by atomic mass is 16.5. The predicted octanol–water partition coefficient (Wildman–Crippen LogP) is 3.83. The lowest BCUT2D eigenvalue weighted by Gasteiger charge is -2.23. The van der Waals surface area contributed by atoms with Crippen LogP contribution in [0.5, 0.6) is 0 Å². The summed E-state index contributed by atoms with van der Waals surface area (Å²) in [5.74, 6) is 1.54. The van der Waals surface area contributed by atoms with Gasteiger partial charge in [-0.2, -0.15) is 0 Å². The van der Waals surface area contributed by atoms with Gasteiger partial charge in [0, 0.05) is 30.8 Å². The Kier molecular flexibility index (Phi) is 3.83. The van der Waals surface area contributed by atoms with Crippen LogP contribution in [0.1, 0.15) is 18.4 Å². The molecule has 0 saturated carbocycles. The summed E-state index contributed by atoms with van der Waals surface area (Å²) in [4.78, 5) is 9.42. The second-order valence-electron chi connectivity index (χ2n) is 6.34. The Hall–Kier alpha value is -2.20. The zero-order valence-electron chi connectivity index (χ0n) is 13.4. The first-order chi connectivity index (χ1) is 11.3. The van der Waals surface area contributed by atoms with Gasteiger partial charge >= 0.3 is 0 Å². The second-order valence-corrected chi connectivity index (χ2v) is 6.34. The molecule has 4 heteroatoms. The van der Waals surface area contributed by atoms with Crippen LogP contribution in [0.3, 0.4) is 0 Å². The van der Waals surface area contributed by atoms with Crippen molar-refractivity contribution in [1.29, 1.82) is 0 Å². The largest absolute Gasteiger partial charge is 0.381 e. The fraction of sp³-hybridized carbons (Fsp3) is 0.368. The molecule has 1 aliphatic heterocycles. The molecule has 4 nitrogen and oxygen atoms in total. The standard InChI is InChI=1S/C19H21N3O/c1-14-5-2-7-16(11-14)18-21-17-8-3-9-20-19(17)22(18)12-15-6-4-10-23-13-15/h2-3,5,7-9,11,15H,4,6,10,12-13H2,1H3. The first-order valence-electron chi connectivity index (χ1n) is 8.27. The highest BCUT2D eigenvalue weighted by Gasteiger charge is 2.19. The minimum absolute atomic E-state index is 0.534. The normalized spacial score (nSPS) is 18.4. The van der Waals surface area contributed by atoms with E-state index < -0.39 is 0 Å². The van der Waals surface area contributed by atoms with Crippen LogP contribution in [0.4, 0.5) is 0 Å². The Labute approximate surface area is 136 Å². The summed E-state index contributed by atoms with van der Waals surface area (Å²) in [5.41, 5.74) is 4.32. The molecule has 3 heterocycles. The topological polar surface area (TPSA) is 39.9 Å². The Morgan fingerprint density at radius 1 is 1.26 bits per heavy atom. The lowest BCUT2D eigenvalue weighted by atomic mass is 10.0. The number of aromatic nitrogens is 3. The number of pyridine rings is 1. The average molecular weight is 307 g/mol. The van der Waals surface area contributed by atoms with Crippen LogP contribution in [0.25, 0.3) is 22.6 Å². The van der Waals surface area contributed by atoms with Crippen molar-refractivity contribution in [1.82, 2.24) is 14.5 Å². The average Bonchev–Trinajstić information content (AvgIpc) is 2.95. The minimum atomic E-state index is 0.534. The van der Waals surface area contributed by atoms with Crippen molar-refractivity contribution in [3.05, 3.63) is 48.2 Å². The second kappa shape index (κ2) is 6.13. The monoisotopic (exact) mass is 307 g/mol. The number of fused-ring (bicyclic) bond motifs is 1. The van der Waals surface area contributed by atoms with Gasteiger partial charge < -0.3 is 9.30 Å². The first kappa shape index (κ1) is 14.4. The van der Waals surface area contributed by atoms with Gasteiger partial charge in [0.2, 0.25) is 0 Å². The molecule has 0 amide bonds. The van der Waals surface area contributed by atoms with Gasteiger partial charge in [0.1, 0.15) is 11.3 Å². The summed E-state index contributed by atoms with van der Waals surface area (Å²) in [6.45, 7) is 4.75. The van der Waals surface area contributed by atoms with Crippen molar-refractivity contribution in [2.75, 3.05) is 13.2 Å². The number of ether oxygens (including phenoxy) is 1. The van der Waals surface area contributed by atoms with Gasteiger partial charge in [0.05, 0.1) is 6.61 Å². The Balaban J connectivity index is 1.80. The molecule has 3 aromatic rings. The molecule has 0 N–H and O–H groups in total. The third-order valence-corrected chi connectivity index (χ3v) is 4.48. The van der Waals surface area contributed by atoms with Crippen molar-refractivity contribution >= 4 is 11.2 Å². The Bertz CT molecular complexity index is 818. The van der Waals surface area contributed by atoms with E-state index in [9.17, 15) is 0 Å². The quantitative estimate of drug-likeness (QED) is 0.738. The summed E-state index contributed by atoms with van der Waals surface area (Å²) in [7, 11) is 0. The van der Waals surface area contributed by atoms with E-state index in [2.05, 4.69) is 40.7 Å². The lowest BCUT2D eigenvalue weighted by molar-refractivity contribution is 0.0489. The van der Waals surface area contributed by atoms with E-state index in [-0.39, 0.29) is 0 Å². The summed E-state index contributed by atoms with van der Waals surface area (Å²) >= 11 is 0. The molecule has 1 saturated heterocycles. The molecule has 1 fully saturated rings. The molecule has 1 aliphatic rings. The molecule has 1 atom stereocenters. The third kappa shape index (κ3) is 2.86. The molecule has 0 aliphatic carbocycles. The molecule has 2 aromatic heterocycles. The fourth-order valence-electron chi connectivity index (χ4n) is 3.35. The zero-order chi connectivity index (χ0) is 15.6. The number of hydrogen-bond donors (Lipinski definition) is 0. The van der Waals surface area contributed by atoms with Crippen LogP contribution in [0.15, 0.2) is 42.6 Å². The van der Waals surface area contributed by atoms with Gasteiger partial charge in [0.25, 0.3) is 0 Å². The predicted molar refractivity (Wildman–Crippen MR) is 91.2 cm³/mol. The molecule has 118 valence electrons. The Morgan fingerprint density at radius 2 is 2.22 bits per heavy atom. The van der Waals surface area contributed by atoms with Crippen molar-refractivity contribution in [3.8, 4) is 11.4 Å². The smallest absolute Gasteiger partial charge is 0.160 e. The SMILES string of the molecule is Cc1cccc(-c2nc3cccnc3n2CC2CCCOC2)c1. The summed E-state index contributed by atoms with van der Waals surface area (Å²) < 4.78 is 7.92. The van der Waals surface area contributed by atoms with Crippen molar-refractivity contribution in [2.45, 2.75) is 26.3 Å². The van der Waals surface area contributed by atoms with E-state index in [4.69, 9.17) is 9.72 Å². The third-order valence-electron chi connectivity index (χ3n) is 4.48. The van der Waals surface area contributed by atoms with Crippen LogP contribution in [0.2, 0.25) is 0 Å². The molecule has 23 heavy (non-hydrogen) atoms. The van der Waals surface area contributed by atoms with Crippen molar-refractivity contribution in [2.24, 2.45) is 5.92 Å². The van der Waals surface area contributed by atoms with E-state index in [1.54, 1.807) is 0 Å².